The van der Waals surface area contributed by atoms with Gasteiger partial charge in [-0.1, -0.05) is 0 Å². The molecule has 4 nitrogen and oxygen atoms in total. The Morgan fingerprint density at radius 2 is 1.61 bits per heavy atom. The molecule has 92 valence electrons. The van der Waals surface area contributed by atoms with Gasteiger partial charge in [0.2, 0.25) is 0 Å². The van der Waals surface area contributed by atoms with Crippen LogP contribution in [0.3, 0.4) is 0 Å². The zero-order valence-corrected chi connectivity index (χ0v) is 11.1. The summed E-state index contributed by atoms with van der Waals surface area (Å²) in [6.45, 7) is 0. The van der Waals surface area contributed by atoms with Crippen molar-refractivity contribution in [2.24, 2.45) is 0 Å². The van der Waals surface area contributed by atoms with E-state index in [1.54, 1.807) is 42.5 Å². The minimum atomic E-state index is -0.194. The number of benzene rings is 2. The van der Waals surface area contributed by atoms with E-state index in [4.69, 9.17) is 11.5 Å². The number of nitrogens with one attached hydrogen (secondary N) is 1. The highest BCUT2D eigenvalue weighted by Crippen LogP contribution is 2.25. The molecule has 0 radical (unpaired) electrons. The standard InChI is InChI=1S/C13H12BrN3O/c14-11-7-10(16)5-6-12(11)17-13(18)8-1-3-9(15)4-2-8/h1-7H,15-16H2,(H,17,18). The number of carbonyl (C=O) groups excluding carboxylic acids is 1. The maximum atomic E-state index is 12.0. The van der Waals surface area contributed by atoms with Crippen molar-refractivity contribution in [2.45, 2.75) is 0 Å². The quantitative estimate of drug-likeness (QED) is 0.746. The summed E-state index contributed by atoms with van der Waals surface area (Å²) in [5.41, 5.74) is 13.7. The second-order valence-corrected chi connectivity index (χ2v) is 4.67. The number of nitrogens with two attached hydrogens (primary N) is 2. The number of anilines is 3. The Hall–Kier alpha value is -2.01. The fourth-order valence-corrected chi connectivity index (χ4v) is 1.96. The zero-order valence-electron chi connectivity index (χ0n) is 9.48. The van der Waals surface area contributed by atoms with Gasteiger partial charge in [-0.2, -0.15) is 0 Å². The van der Waals surface area contributed by atoms with Crippen LogP contribution in [-0.2, 0) is 0 Å². The third-order valence-electron chi connectivity index (χ3n) is 2.41. The van der Waals surface area contributed by atoms with Gasteiger partial charge in [0.1, 0.15) is 0 Å². The molecule has 2 aromatic rings. The lowest BCUT2D eigenvalue weighted by atomic mass is 10.2. The first-order chi connectivity index (χ1) is 8.56. The van der Waals surface area contributed by atoms with E-state index in [9.17, 15) is 4.79 Å². The number of amides is 1. The predicted octanol–water partition coefficient (Wildman–Crippen LogP) is 2.87. The number of halogens is 1. The first kappa shape index (κ1) is 12.4. The van der Waals surface area contributed by atoms with Crippen molar-refractivity contribution in [1.29, 1.82) is 0 Å². The van der Waals surface area contributed by atoms with E-state index >= 15 is 0 Å². The van der Waals surface area contributed by atoms with Crippen LogP contribution in [0, 0.1) is 0 Å². The highest BCUT2D eigenvalue weighted by Gasteiger charge is 2.08. The third-order valence-corrected chi connectivity index (χ3v) is 3.07. The van der Waals surface area contributed by atoms with Crippen LogP contribution >= 0.6 is 15.9 Å². The molecule has 0 atom stereocenters. The summed E-state index contributed by atoms with van der Waals surface area (Å²) < 4.78 is 0.742. The summed E-state index contributed by atoms with van der Waals surface area (Å²) in [6, 6.07) is 11.9. The maximum absolute atomic E-state index is 12.0. The second-order valence-electron chi connectivity index (χ2n) is 3.82. The van der Waals surface area contributed by atoms with Crippen LogP contribution in [0.4, 0.5) is 17.1 Å². The summed E-state index contributed by atoms with van der Waals surface area (Å²) in [6.07, 6.45) is 0. The Morgan fingerprint density at radius 3 is 2.22 bits per heavy atom. The molecule has 0 heterocycles. The number of hydrogen-bond acceptors (Lipinski definition) is 3. The van der Waals surface area contributed by atoms with Crippen molar-refractivity contribution >= 4 is 38.9 Å². The molecule has 5 heteroatoms. The number of carbonyl (C=O) groups is 1. The largest absolute Gasteiger partial charge is 0.399 e. The Morgan fingerprint density at radius 1 is 1.00 bits per heavy atom. The van der Waals surface area contributed by atoms with E-state index in [1.165, 1.54) is 0 Å². The molecule has 2 rings (SSSR count). The van der Waals surface area contributed by atoms with Crippen LogP contribution in [-0.4, -0.2) is 5.91 Å². The average Bonchev–Trinajstić information content (AvgIpc) is 2.33. The first-order valence-corrected chi connectivity index (χ1v) is 6.07. The van der Waals surface area contributed by atoms with Crippen molar-refractivity contribution in [3.8, 4) is 0 Å². The van der Waals surface area contributed by atoms with Gasteiger partial charge in [0.25, 0.3) is 5.91 Å². The van der Waals surface area contributed by atoms with Gasteiger partial charge in [0.05, 0.1) is 5.69 Å². The molecule has 0 aliphatic carbocycles. The molecule has 0 unspecified atom stereocenters. The molecule has 5 N–H and O–H groups in total. The fourth-order valence-electron chi connectivity index (χ4n) is 1.46. The van der Waals surface area contributed by atoms with Gasteiger partial charge in [-0.25, -0.2) is 0 Å². The first-order valence-electron chi connectivity index (χ1n) is 5.28. The monoisotopic (exact) mass is 305 g/mol. The smallest absolute Gasteiger partial charge is 0.255 e. The van der Waals surface area contributed by atoms with Gasteiger partial charge in [-0.3, -0.25) is 4.79 Å². The average molecular weight is 306 g/mol. The van der Waals surface area contributed by atoms with E-state index in [0.717, 1.165) is 4.47 Å². The summed E-state index contributed by atoms with van der Waals surface area (Å²) in [4.78, 5) is 12.0. The SMILES string of the molecule is Nc1ccc(C(=O)Nc2ccc(N)cc2Br)cc1. The highest BCUT2D eigenvalue weighted by molar-refractivity contribution is 9.10. The van der Waals surface area contributed by atoms with Crippen molar-refractivity contribution in [2.75, 3.05) is 16.8 Å². The van der Waals surface area contributed by atoms with Gasteiger partial charge in [-0.05, 0) is 58.4 Å². The fraction of sp³-hybridized carbons (Fsp3) is 0. The molecule has 2 aromatic carbocycles. The topological polar surface area (TPSA) is 81.1 Å². The van der Waals surface area contributed by atoms with Crippen molar-refractivity contribution < 1.29 is 4.79 Å². The number of rotatable bonds is 2. The third kappa shape index (κ3) is 2.81. The molecular weight excluding hydrogens is 294 g/mol. The lowest BCUT2D eigenvalue weighted by Crippen LogP contribution is -2.12. The van der Waals surface area contributed by atoms with Gasteiger partial charge in [-0.15, -0.1) is 0 Å². The van der Waals surface area contributed by atoms with Crippen molar-refractivity contribution in [3.05, 3.63) is 52.5 Å². The van der Waals surface area contributed by atoms with Crippen LogP contribution in [0.2, 0.25) is 0 Å². The van der Waals surface area contributed by atoms with Crippen molar-refractivity contribution in [3.63, 3.8) is 0 Å². The molecule has 0 fully saturated rings. The van der Waals surface area contributed by atoms with Crippen molar-refractivity contribution in [1.82, 2.24) is 0 Å². The lowest BCUT2D eigenvalue weighted by molar-refractivity contribution is 0.102. The Labute approximate surface area is 113 Å². The molecule has 0 saturated carbocycles. The Bertz CT molecular complexity index is 581. The Balaban J connectivity index is 2.18. The maximum Gasteiger partial charge on any atom is 0.255 e. The normalized spacial score (nSPS) is 10.1. The molecule has 0 spiro atoms. The van der Waals surface area contributed by atoms with Crippen LogP contribution in [0.25, 0.3) is 0 Å². The number of nitrogen functional groups attached to an aromatic ring is 2. The molecule has 1 amide bonds. The molecular formula is C13H12BrN3O. The Kier molecular flexibility index (Phi) is 3.53. The van der Waals surface area contributed by atoms with E-state index in [0.29, 0.717) is 22.6 Å². The number of hydrogen-bond donors (Lipinski definition) is 3. The molecule has 0 bridgehead atoms. The van der Waals surface area contributed by atoms with E-state index in [2.05, 4.69) is 21.2 Å². The minimum Gasteiger partial charge on any atom is -0.399 e. The molecule has 0 aliphatic rings. The van der Waals surface area contributed by atoms with Crippen LogP contribution in [0.15, 0.2) is 46.9 Å². The van der Waals surface area contributed by atoms with Crippen LogP contribution in [0.1, 0.15) is 10.4 Å². The predicted molar refractivity (Wildman–Crippen MR) is 77.4 cm³/mol. The van der Waals surface area contributed by atoms with E-state index < -0.39 is 0 Å². The molecule has 0 saturated heterocycles. The summed E-state index contributed by atoms with van der Waals surface area (Å²) in [5.74, 6) is -0.194. The van der Waals surface area contributed by atoms with Gasteiger partial charge >= 0.3 is 0 Å². The van der Waals surface area contributed by atoms with E-state index in [1.807, 2.05) is 0 Å². The molecule has 0 aliphatic heterocycles. The summed E-state index contributed by atoms with van der Waals surface area (Å²) in [5, 5.41) is 2.79. The molecule has 18 heavy (non-hydrogen) atoms. The van der Waals surface area contributed by atoms with Gasteiger partial charge in [0.15, 0.2) is 0 Å². The molecule has 0 aromatic heterocycles. The highest BCUT2D eigenvalue weighted by atomic mass is 79.9. The summed E-state index contributed by atoms with van der Waals surface area (Å²) in [7, 11) is 0. The second kappa shape index (κ2) is 5.10. The van der Waals surface area contributed by atoms with Gasteiger partial charge in [0, 0.05) is 21.4 Å². The minimum absolute atomic E-state index is 0.194. The van der Waals surface area contributed by atoms with Crippen LogP contribution < -0.4 is 16.8 Å². The zero-order chi connectivity index (χ0) is 13.1. The lowest BCUT2D eigenvalue weighted by Gasteiger charge is -2.08. The summed E-state index contributed by atoms with van der Waals surface area (Å²) >= 11 is 3.35. The van der Waals surface area contributed by atoms with Gasteiger partial charge < -0.3 is 16.8 Å². The van der Waals surface area contributed by atoms with E-state index in [-0.39, 0.29) is 5.91 Å². The van der Waals surface area contributed by atoms with Crippen LogP contribution in [0.5, 0.6) is 0 Å².